The van der Waals surface area contributed by atoms with Crippen LogP contribution in [0.1, 0.15) is 16.7 Å². The van der Waals surface area contributed by atoms with Gasteiger partial charge >= 0.3 is 5.97 Å². The summed E-state index contributed by atoms with van der Waals surface area (Å²) in [5, 5.41) is 0. The Balaban J connectivity index is 1.91. The molecule has 0 aromatic heterocycles. The highest BCUT2D eigenvalue weighted by molar-refractivity contribution is 9.10. The Bertz CT molecular complexity index is 817. The second kappa shape index (κ2) is 6.42. The molecule has 0 N–H and O–H groups in total. The lowest BCUT2D eigenvalue weighted by Crippen LogP contribution is -1.97. The van der Waals surface area contributed by atoms with Crippen molar-refractivity contribution in [3.63, 3.8) is 0 Å². The molecule has 0 aliphatic carbocycles. The predicted octanol–water partition coefficient (Wildman–Crippen LogP) is 4.75. The van der Waals surface area contributed by atoms with Crippen LogP contribution in [0, 0.1) is 6.92 Å². The Kier molecular flexibility index (Phi) is 4.35. The number of ether oxygens (including phenoxy) is 2. The summed E-state index contributed by atoms with van der Waals surface area (Å²) >= 11 is 3.39. The van der Waals surface area contributed by atoms with E-state index in [1.807, 2.05) is 55.5 Å². The van der Waals surface area contributed by atoms with E-state index in [1.165, 1.54) is 0 Å². The number of carbonyl (C=O) groups is 1. The average Bonchev–Trinajstić information content (AvgIpc) is 2.89. The number of carbonyl (C=O) groups excluding carboxylic acids is 1. The fraction of sp³-hybridized carbons (Fsp3) is 0.105. The van der Waals surface area contributed by atoms with Gasteiger partial charge in [0.15, 0.2) is 0 Å². The fourth-order valence-corrected chi connectivity index (χ4v) is 2.68. The first-order valence-electron chi connectivity index (χ1n) is 7.13. The van der Waals surface area contributed by atoms with Crippen molar-refractivity contribution >= 4 is 33.7 Å². The molecule has 2 aromatic rings. The van der Waals surface area contributed by atoms with Gasteiger partial charge in [0, 0.05) is 10.0 Å². The van der Waals surface area contributed by atoms with Crippen LogP contribution in [-0.2, 0) is 9.53 Å². The van der Waals surface area contributed by atoms with Gasteiger partial charge in [-0.3, -0.25) is 0 Å². The number of cyclic esters (lactones) is 1. The van der Waals surface area contributed by atoms with Gasteiger partial charge in [-0.1, -0.05) is 34.1 Å². The fourth-order valence-electron chi connectivity index (χ4n) is 2.42. The molecule has 0 atom stereocenters. The highest BCUT2D eigenvalue weighted by Gasteiger charge is 2.21. The first-order valence-corrected chi connectivity index (χ1v) is 7.92. The Labute approximate surface area is 143 Å². The van der Waals surface area contributed by atoms with E-state index in [-0.39, 0.29) is 5.97 Å². The van der Waals surface area contributed by atoms with E-state index in [0.29, 0.717) is 11.3 Å². The van der Waals surface area contributed by atoms with Gasteiger partial charge in [0.25, 0.3) is 0 Å². The summed E-state index contributed by atoms with van der Waals surface area (Å²) < 4.78 is 11.6. The number of benzene rings is 2. The third-order valence-electron chi connectivity index (χ3n) is 3.59. The SMILES string of the molecule is COc1ccc(/C=C2/C=C(c3ccc(Br)cc3)OC2=O)cc1C. The van der Waals surface area contributed by atoms with Crippen molar-refractivity contribution in [1.29, 1.82) is 0 Å². The lowest BCUT2D eigenvalue weighted by atomic mass is 10.1. The monoisotopic (exact) mass is 370 g/mol. The molecule has 0 fully saturated rings. The summed E-state index contributed by atoms with van der Waals surface area (Å²) in [5.74, 6) is 1.06. The van der Waals surface area contributed by atoms with Crippen LogP contribution in [0.15, 0.2) is 58.6 Å². The average molecular weight is 371 g/mol. The molecule has 0 bridgehead atoms. The summed E-state index contributed by atoms with van der Waals surface area (Å²) in [7, 11) is 1.64. The van der Waals surface area contributed by atoms with Crippen LogP contribution in [0.5, 0.6) is 5.75 Å². The van der Waals surface area contributed by atoms with Crippen molar-refractivity contribution in [3.8, 4) is 5.75 Å². The largest absolute Gasteiger partial charge is 0.496 e. The number of methoxy groups -OCH3 is 1. The Morgan fingerprint density at radius 1 is 1.13 bits per heavy atom. The highest BCUT2D eigenvalue weighted by Crippen LogP contribution is 2.29. The number of hydrogen-bond donors (Lipinski definition) is 0. The van der Waals surface area contributed by atoms with Crippen LogP contribution >= 0.6 is 15.9 Å². The molecule has 1 aliphatic heterocycles. The molecule has 0 unspecified atom stereocenters. The van der Waals surface area contributed by atoms with Gasteiger partial charge in [0.1, 0.15) is 11.5 Å². The molecule has 3 nitrogen and oxygen atoms in total. The molecule has 0 amide bonds. The zero-order valence-corrected chi connectivity index (χ0v) is 14.4. The molecule has 4 heteroatoms. The van der Waals surface area contributed by atoms with E-state index in [1.54, 1.807) is 13.2 Å². The van der Waals surface area contributed by atoms with E-state index in [4.69, 9.17) is 9.47 Å². The summed E-state index contributed by atoms with van der Waals surface area (Å²) in [6.45, 7) is 1.97. The van der Waals surface area contributed by atoms with Crippen molar-refractivity contribution in [3.05, 3.63) is 75.3 Å². The highest BCUT2D eigenvalue weighted by atomic mass is 79.9. The molecule has 0 saturated heterocycles. The zero-order valence-electron chi connectivity index (χ0n) is 12.8. The molecule has 0 radical (unpaired) electrons. The number of halogens is 1. The smallest absolute Gasteiger partial charge is 0.343 e. The molecule has 116 valence electrons. The number of hydrogen-bond acceptors (Lipinski definition) is 3. The number of rotatable bonds is 3. The van der Waals surface area contributed by atoms with Crippen molar-refractivity contribution in [1.82, 2.24) is 0 Å². The Morgan fingerprint density at radius 2 is 1.87 bits per heavy atom. The summed E-state index contributed by atoms with van der Waals surface area (Å²) in [5.41, 5.74) is 3.36. The molecule has 0 spiro atoms. The summed E-state index contributed by atoms with van der Waals surface area (Å²) in [6.07, 6.45) is 3.59. The van der Waals surface area contributed by atoms with Crippen LogP contribution in [-0.4, -0.2) is 13.1 Å². The first kappa shape index (κ1) is 15.6. The van der Waals surface area contributed by atoms with Crippen LogP contribution in [0.2, 0.25) is 0 Å². The van der Waals surface area contributed by atoms with Crippen LogP contribution in [0.3, 0.4) is 0 Å². The minimum atomic E-state index is -0.337. The molecule has 1 heterocycles. The maximum Gasteiger partial charge on any atom is 0.343 e. The molecule has 23 heavy (non-hydrogen) atoms. The molecule has 3 rings (SSSR count). The summed E-state index contributed by atoms with van der Waals surface area (Å²) in [6, 6.07) is 13.4. The number of aryl methyl sites for hydroxylation is 1. The third-order valence-corrected chi connectivity index (χ3v) is 4.12. The Hall–Kier alpha value is -2.33. The van der Waals surface area contributed by atoms with Crippen LogP contribution in [0.4, 0.5) is 0 Å². The van der Waals surface area contributed by atoms with Crippen LogP contribution in [0.25, 0.3) is 11.8 Å². The molecule has 2 aromatic carbocycles. The lowest BCUT2D eigenvalue weighted by Gasteiger charge is -2.04. The summed E-state index contributed by atoms with van der Waals surface area (Å²) in [4.78, 5) is 12.1. The molecular formula is C19H15BrO3. The maximum absolute atomic E-state index is 12.1. The zero-order chi connectivity index (χ0) is 16.4. The van der Waals surface area contributed by atoms with Gasteiger partial charge in [-0.15, -0.1) is 0 Å². The second-order valence-corrected chi connectivity index (χ2v) is 6.15. The van der Waals surface area contributed by atoms with Gasteiger partial charge in [0.2, 0.25) is 0 Å². The van der Waals surface area contributed by atoms with Gasteiger partial charge in [-0.2, -0.15) is 0 Å². The standard InChI is InChI=1S/C19H15BrO3/c1-12-9-13(3-8-17(12)22-2)10-15-11-18(23-19(15)21)14-4-6-16(20)7-5-14/h3-11H,1-2H3/b15-10-. The van der Waals surface area contributed by atoms with Crippen LogP contribution < -0.4 is 4.74 Å². The quantitative estimate of drug-likeness (QED) is 0.577. The van der Waals surface area contributed by atoms with E-state index < -0.39 is 0 Å². The van der Waals surface area contributed by atoms with E-state index in [0.717, 1.165) is 26.9 Å². The Morgan fingerprint density at radius 3 is 2.52 bits per heavy atom. The topological polar surface area (TPSA) is 35.5 Å². The van der Waals surface area contributed by atoms with Crippen molar-refractivity contribution in [2.45, 2.75) is 6.92 Å². The van der Waals surface area contributed by atoms with Gasteiger partial charge in [-0.05, 0) is 54.5 Å². The number of esters is 1. The maximum atomic E-state index is 12.1. The second-order valence-electron chi connectivity index (χ2n) is 5.23. The molecule has 1 aliphatic rings. The predicted molar refractivity (Wildman–Crippen MR) is 93.9 cm³/mol. The van der Waals surface area contributed by atoms with Crippen molar-refractivity contribution in [2.75, 3.05) is 7.11 Å². The van der Waals surface area contributed by atoms with Crippen molar-refractivity contribution < 1.29 is 14.3 Å². The molecule has 0 saturated carbocycles. The normalized spacial score (nSPS) is 15.5. The van der Waals surface area contributed by atoms with Gasteiger partial charge in [-0.25, -0.2) is 4.79 Å². The van der Waals surface area contributed by atoms with E-state index in [9.17, 15) is 4.79 Å². The minimum Gasteiger partial charge on any atom is -0.496 e. The van der Waals surface area contributed by atoms with E-state index in [2.05, 4.69) is 15.9 Å². The lowest BCUT2D eigenvalue weighted by molar-refractivity contribution is -0.130. The third kappa shape index (κ3) is 3.37. The molecular weight excluding hydrogens is 356 g/mol. The van der Waals surface area contributed by atoms with Gasteiger partial charge in [0.05, 0.1) is 12.7 Å². The van der Waals surface area contributed by atoms with Crippen molar-refractivity contribution in [2.24, 2.45) is 0 Å². The van der Waals surface area contributed by atoms with E-state index >= 15 is 0 Å². The first-order chi connectivity index (χ1) is 11.1. The van der Waals surface area contributed by atoms with Gasteiger partial charge < -0.3 is 9.47 Å². The minimum absolute atomic E-state index is 0.337.